The van der Waals surface area contributed by atoms with E-state index in [9.17, 15) is 68.3 Å². The molecule has 0 unspecified atom stereocenters. The van der Waals surface area contributed by atoms with Gasteiger partial charge in [0.15, 0.2) is 16.9 Å². The zero-order valence-corrected chi connectivity index (χ0v) is 70.2. The number of alkyl halides is 9. The Morgan fingerprint density at radius 3 is 1.23 bits per heavy atom. The van der Waals surface area contributed by atoms with Crippen molar-refractivity contribution in [2.45, 2.75) is 189 Å². The van der Waals surface area contributed by atoms with E-state index < -0.39 is 97.9 Å². The molecule has 0 aromatic carbocycles. The number of ether oxygens (including phenoxy) is 2. The maximum Gasteiger partial charge on any atom is 0.389 e. The van der Waals surface area contributed by atoms with Gasteiger partial charge in [-0.2, -0.15) is 64.8 Å². The SMILES string of the molecule is CC(C)(C)OC(=O)Cn1cc(N)cn1.CC(C)(C)OC(=O)Cn1cc(Nc2nc3c(C4=CCN(C(=O)CCC(F)(F)F)CC4)cccn3n2)cn1.CCC1CCN(CC(C)C)CC1.O=C(CCC(F)(F)F)N1CC=C(c2cccn3nc(I)nc23)CC1.O=C(O)Cn1cc(Nc2nc3c(C4=CCN(C(=O)CCC(F)(F)F)CC4)cccn3n2)cn1. The molecule has 9 aromatic heterocycles. The first kappa shape index (κ1) is 92.9. The normalized spacial score (nSPS) is 15.1. The molecule has 4 aliphatic heterocycles. The molecule has 41 heteroatoms. The van der Waals surface area contributed by atoms with Crippen LogP contribution in [0, 0.1) is 15.7 Å². The van der Waals surface area contributed by atoms with Gasteiger partial charge in [0.25, 0.3) is 0 Å². The molecule has 0 saturated carbocycles. The van der Waals surface area contributed by atoms with E-state index in [0.29, 0.717) is 83.6 Å². The number of pyridine rings is 3. The topological polar surface area (TPSA) is 348 Å². The molecule has 3 amide bonds. The molecule has 0 aliphatic carbocycles. The number of carboxylic acid groups (broad SMARTS) is 1. The van der Waals surface area contributed by atoms with Gasteiger partial charge in [-0.25, -0.2) is 18.5 Å². The third-order valence-electron chi connectivity index (χ3n) is 18.7. The number of nitrogens with two attached hydrogens (primary N) is 1. The van der Waals surface area contributed by atoms with Crippen LogP contribution >= 0.6 is 22.6 Å². The number of nitrogens with one attached hydrogen (secondary N) is 2. The van der Waals surface area contributed by atoms with Gasteiger partial charge in [0.05, 0.1) is 54.9 Å². The predicted octanol–water partition coefficient (Wildman–Crippen LogP) is 13.5. The van der Waals surface area contributed by atoms with Crippen molar-refractivity contribution in [3.05, 3.63) is 131 Å². The largest absolute Gasteiger partial charge is 0.480 e. The van der Waals surface area contributed by atoms with E-state index in [-0.39, 0.29) is 44.6 Å². The van der Waals surface area contributed by atoms with Crippen LogP contribution in [0.15, 0.2) is 110 Å². The third-order valence-corrected chi connectivity index (χ3v) is 19.2. The number of anilines is 5. The number of nitrogen functional groups attached to an aromatic ring is 1. The Hall–Kier alpha value is -11.0. The van der Waals surface area contributed by atoms with Gasteiger partial charge in [-0.05, 0) is 152 Å². The Balaban J connectivity index is 0.000000180. The van der Waals surface area contributed by atoms with Crippen molar-refractivity contribution in [2.24, 2.45) is 11.8 Å². The second-order valence-corrected chi connectivity index (χ2v) is 32.3. The molecule has 31 nitrogen and oxygen atoms in total. The van der Waals surface area contributed by atoms with Gasteiger partial charge in [0.2, 0.25) is 33.4 Å². The van der Waals surface area contributed by atoms with E-state index in [1.165, 1.54) is 86.2 Å². The number of halogens is 10. The maximum absolute atomic E-state index is 12.4. The molecule has 5 N–H and O–H groups in total. The number of amides is 3. The molecular weight excluding hydrogens is 1700 g/mol. The maximum atomic E-state index is 12.4. The number of fused-ring (bicyclic) bond motifs is 3. The number of piperidine rings is 1. The second-order valence-electron chi connectivity index (χ2n) is 31.3. The lowest BCUT2D eigenvalue weighted by molar-refractivity contribution is -0.156. The highest BCUT2D eigenvalue weighted by Crippen LogP contribution is 2.33. The van der Waals surface area contributed by atoms with Crippen molar-refractivity contribution < 1.29 is 82.9 Å². The van der Waals surface area contributed by atoms with Crippen molar-refractivity contribution in [1.82, 2.24) is 92.7 Å². The standard InChI is InChI=1S/C24H28F3N7O3.C20H20F3N7O3.C15H14F3IN4O.C11H23N.C9H15N3O2/c1-23(2,3)37-20(36)15-33-14-17(13-28-33)29-22-30-21-18(5-4-10-34(21)31-22)16-7-11-32(12-8-16)19(35)6-9-24(25,26)27;21-20(22,23)6-3-16(31)28-8-4-13(5-9-28)15-2-1-7-30-18(15)26-19(27-30)25-14-10-24-29(11-14)12-17(32)33;16-15(17,18)6-3-12(24)22-8-4-10(5-9-22)11-2-1-7-23-13(11)20-14(19)21-23;1-4-11-5-7-12(8-6-11)9-10(2)3;1-9(2,3)14-8(13)6-12-5-7(10)4-11-12/h4-5,7,10,13-14H,6,8-9,11-12,15H2,1-3H3,(H,29,31);1-2,4,7,10-11H,3,5-6,8-9,12H2,(H,25,27)(H,32,33);1-2,4,7H,3,5-6,8-9H2;10-11H,4-9H2,1-3H3;4-5H,6,10H2,1-3H3. The molecule has 0 spiro atoms. The van der Waals surface area contributed by atoms with E-state index in [1.807, 2.05) is 98.1 Å². The number of rotatable bonds is 22. The van der Waals surface area contributed by atoms with Crippen LogP contribution in [0.1, 0.15) is 156 Å². The van der Waals surface area contributed by atoms with Gasteiger partial charge in [0, 0.05) is 142 Å². The Bertz CT molecular complexity index is 5080. The van der Waals surface area contributed by atoms with E-state index in [1.54, 1.807) is 71.4 Å². The molecule has 0 bridgehead atoms. The Morgan fingerprint density at radius 2 is 0.900 bits per heavy atom. The molecule has 13 rings (SSSR count). The monoisotopic (exact) mass is 1800 g/mol. The van der Waals surface area contributed by atoms with Gasteiger partial charge >= 0.3 is 36.4 Å². The summed E-state index contributed by atoms with van der Waals surface area (Å²) in [5, 5.41) is 39.9. The summed E-state index contributed by atoms with van der Waals surface area (Å²) in [7, 11) is 0. The number of hydrogen-bond donors (Lipinski definition) is 4. The molecule has 9 aromatic rings. The van der Waals surface area contributed by atoms with Crippen LogP contribution in [0.5, 0.6) is 0 Å². The highest BCUT2D eigenvalue weighted by molar-refractivity contribution is 14.1. The summed E-state index contributed by atoms with van der Waals surface area (Å²) >= 11 is 2.04. The zero-order valence-electron chi connectivity index (χ0n) is 68.1. The van der Waals surface area contributed by atoms with Crippen molar-refractivity contribution >= 4 is 121 Å². The lowest BCUT2D eigenvalue weighted by Gasteiger charge is -2.32. The van der Waals surface area contributed by atoms with Crippen LogP contribution in [0.2, 0.25) is 0 Å². The summed E-state index contributed by atoms with van der Waals surface area (Å²) in [6.07, 6.45) is 7.98. The van der Waals surface area contributed by atoms with Crippen LogP contribution in [0.25, 0.3) is 33.7 Å². The van der Waals surface area contributed by atoms with Gasteiger partial charge < -0.3 is 50.5 Å². The molecule has 1 fully saturated rings. The van der Waals surface area contributed by atoms with E-state index in [2.05, 4.69) is 81.8 Å². The average Bonchev–Trinajstić information content (AvgIpc) is 1.63. The van der Waals surface area contributed by atoms with Gasteiger partial charge in [-0.1, -0.05) is 45.4 Å². The molecule has 1 saturated heterocycles. The summed E-state index contributed by atoms with van der Waals surface area (Å²) < 4.78 is 131. The molecule has 0 radical (unpaired) electrons. The minimum absolute atomic E-state index is 0.0361. The van der Waals surface area contributed by atoms with Crippen molar-refractivity contribution in [1.29, 1.82) is 0 Å². The molecule has 120 heavy (non-hydrogen) atoms. The predicted molar refractivity (Wildman–Crippen MR) is 436 cm³/mol. The van der Waals surface area contributed by atoms with Gasteiger partial charge in [-0.15, -0.1) is 15.3 Å². The van der Waals surface area contributed by atoms with Crippen LogP contribution in [-0.4, -0.2) is 222 Å². The Kier molecular flexibility index (Phi) is 32.0. The third kappa shape index (κ3) is 30.1. The molecule has 4 aliphatic rings. The number of aromatic nitrogens is 15. The summed E-state index contributed by atoms with van der Waals surface area (Å²) in [5.41, 5.74) is 13.4. The lowest BCUT2D eigenvalue weighted by Crippen LogP contribution is -2.35. The van der Waals surface area contributed by atoms with Gasteiger partial charge in [-0.3, -0.25) is 42.8 Å². The summed E-state index contributed by atoms with van der Waals surface area (Å²) in [5.74, 6) is -0.747. The van der Waals surface area contributed by atoms with E-state index in [0.717, 1.165) is 50.9 Å². The fourth-order valence-electron chi connectivity index (χ4n) is 13.2. The minimum atomic E-state index is -4.35. The number of carbonyl (C=O) groups is 6. The Morgan fingerprint density at radius 1 is 0.533 bits per heavy atom. The zero-order chi connectivity index (χ0) is 87.4. The van der Waals surface area contributed by atoms with E-state index in [4.69, 9.17) is 20.3 Å². The first-order chi connectivity index (χ1) is 56.5. The number of esters is 2. The summed E-state index contributed by atoms with van der Waals surface area (Å²) in [4.78, 5) is 90.6. The molecule has 650 valence electrons. The molecular formula is C79H100F9IN22O9. The van der Waals surface area contributed by atoms with Crippen molar-refractivity contribution in [2.75, 3.05) is 75.3 Å². The van der Waals surface area contributed by atoms with Crippen molar-refractivity contribution in [3.63, 3.8) is 0 Å². The first-order valence-electron chi connectivity index (χ1n) is 39.0. The number of aliphatic carboxylic acids is 1. The van der Waals surface area contributed by atoms with Crippen LogP contribution in [-0.2, 0) is 57.9 Å². The quantitative estimate of drug-likeness (QED) is 0.0278. The van der Waals surface area contributed by atoms with E-state index >= 15 is 0 Å². The summed E-state index contributed by atoms with van der Waals surface area (Å²) in [6, 6.07) is 11.2. The first-order valence-corrected chi connectivity index (χ1v) is 40.1. The van der Waals surface area contributed by atoms with Crippen LogP contribution < -0.4 is 16.4 Å². The molecule has 13 heterocycles. The number of likely N-dealkylation sites (tertiary alicyclic amines) is 1. The highest BCUT2D eigenvalue weighted by Gasteiger charge is 2.34. The average molecular weight is 1800 g/mol. The molecule has 0 atom stereocenters. The second kappa shape index (κ2) is 41.3. The summed E-state index contributed by atoms with van der Waals surface area (Å²) in [6.45, 7) is 23.4. The fraction of sp³-hybridized carbons (Fsp3) is 0.506. The lowest BCUT2D eigenvalue weighted by atomic mass is 9.94. The fourth-order valence-corrected chi connectivity index (χ4v) is 13.7. The number of carboxylic acids is 1. The highest BCUT2D eigenvalue weighted by atomic mass is 127. The van der Waals surface area contributed by atoms with Crippen molar-refractivity contribution in [3.8, 4) is 0 Å². The number of carbonyl (C=O) groups excluding carboxylic acids is 5. The Labute approximate surface area is 699 Å². The smallest absolute Gasteiger partial charge is 0.389 e. The number of hydrogen-bond acceptors (Lipinski definition) is 21. The van der Waals surface area contributed by atoms with Crippen LogP contribution in [0.3, 0.4) is 0 Å². The minimum Gasteiger partial charge on any atom is -0.480 e. The number of nitrogens with zero attached hydrogens (tertiary/aromatic N) is 19. The van der Waals surface area contributed by atoms with Gasteiger partial charge in [0.1, 0.15) is 30.8 Å². The van der Waals surface area contributed by atoms with Crippen LogP contribution in [0.4, 0.5) is 68.5 Å².